The molecule has 0 heterocycles. The molecule has 0 spiro atoms. The Labute approximate surface area is 559 Å². The fourth-order valence-corrected chi connectivity index (χ4v) is 13.5. The number of nitrogens with one attached hydrogen (secondary N) is 1. The average Bonchev–Trinajstić information content (AvgIpc) is 3.57. The Bertz CT molecular complexity index is 1350. The Morgan fingerprint density at radius 3 is 0.798 bits per heavy atom. The number of hydrogen-bond acceptors (Lipinski definition) is 5. The minimum atomic E-state index is -0.664. The summed E-state index contributed by atoms with van der Waals surface area (Å²) in [6, 6.07) is -0.540. The van der Waals surface area contributed by atoms with Crippen molar-refractivity contribution in [2.45, 2.75) is 495 Å². The molecule has 0 fully saturated rings. The van der Waals surface area contributed by atoms with Crippen LogP contribution in [0.3, 0.4) is 0 Å². The highest BCUT2D eigenvalue weighted by Gasteiger charge is 2.20. The number of allylic oxidation sites excluding steroid dienone is 2. The number of unbranched alkanes of at least 4 members (excludes halogenated alkanes) is 66. The molecule has 1 amide bonds. The summed E-state index contributed by atoms with van der Waals surface area (Å²) >= 11 is 0. The van der Waals surface area contributed by atoms with Crippen molar-refractivity contribution in [1.29, 1.82) is 0 Å². The zero-order chi connectivity index (χ0) is 64.2. The molecule has 0 aromatic heterocycles. The van der Waals surface area contributed by atoms with Gasteiger partial charge in [0.25, 0.3) is 0 Å². The van der Waals surface area contributed by atoms with Gasteiger partial charge in [-0.05, 0) is 51.4 Å². The Kier molecular flexibility index (Phi) is 77.8. The van der Waals surface area contributed by atoms with Crippen LogP contribution in [0, 0.1) is 0 Å². The minimum Gasteiger partial charge on any atom is -0.466 e. The van der Waals surface area contributed by atoms with E-state index in [4.69, 9.17) is 4.74 Å². The van der Waals surface area contributed by atoms with Gasteiger partial charge in [0.05, 0.1) is 25.4 Å². The molecule has 0 aromatic rings. The molecule has 0 aromatic carbocycles. The summed E-state index contributed by atoms with van der Waals surface area (Å²) in [6.45, 7) is 5.02. The van der Waals surface area contributed by atoms with Crippen LogP contribution in [0.2, 0.25) is 0 Å². The summed E-state index contributed by atoms with van der Waals surface area (Å²) in [4.78, 5) is 24.7. The fraction of sp³-hybridized carbons (Fsp3) is 0.952. The number of hydrogen-bond donors (Lipinski definition) is 3. The maximum Gasteiger partial charge on any atom is 0.305 e. The molecule has 2 unspecified atom stereocenters. The second kappa shape index (κ2) is 79.0. The van der Waals surface area contributed by atoms with Crippen LogP contribution in [-0.4, -0.2) is 47.4 Å². The average molecular weight is 1260 g/mol. The van der Waals surface area contributed by atoms with Crippen molar-refractivity contribution in [2.75, 3.05) is 13.2 Å². The molecule has 0 aliphatic heterocycles. The third-order valence-corrected chi connectivity index (χ3v) is 19.8. The van der Waals surface area contributed by atoms with E-state index in [1.807, 2.05) is 0 Å². The third kappa shape index (κ3) is 75.5. The van der Waals surface area contributed by atoms with E-state index in [0.29, 0.717) is 25.9 Å². The van der Waals surface area contributed by atoms with Crippen LogP contribution in [0.1, 0.15) is 483 Å². The van der Waals surface area contributed by atoms with Crippen LogP contribution in [-0.2, 0) is 14.3 Å². The van der Waals surface area contributed by atoms with Gasteiger partial charge in [0.15, 0.2) is 0 Å². The second-order valence-electron chi connectivity index (χ2n) is 28.8. The molecule has 0 saturated carbocycles. The molecule has 0 saturated heterocycles. The molecule has 530 valence electrons. The van der Waals surface area contributed by atoms with Crippen LogP contribution < -0.4 is 5.32 Å². The lowest BCUT2D eigenvalue weighted by molar-refractivity contribution is -0.143. The summed E-state index contributed by atoms with van der Waals surface area (Å²) in [5, 5.41) is 23.5. The van der Waals surface area contributed by atoms with Gasteiger partial charge in [-0.25, -0.2) is 0 Å². The van der Waals surface area contributed by atoms with E-state index in [0.717, 1.165) is 38.5 Å². The largest absolute Gasteiger partial charge is 0.466 e. The Morgan fingerprint density at radius 2 is 0.528 bits per heavy atom. The number of esters is 1. The van der Waals surface area contributed by atoms with Crippen LogP contribution in [0.4, 0.5) is 0 Å². The van der Waals surface area contributed by atoms with Crippen LogP contribution >= 0.6 is 0 Å². The first-order chi connectivity index (χ1) is 44.0. The van der Waals surface area contributed by atoms with Gasteiger partial charge in [0, 0.05) is 12.8 Å². The predicted octanol–water partition coefficient (Wildman–Crippen LogP) is 27.4. The molecule has 0 aliphatic rings. The lowest BCUT2D eigenvalue weighted by atomic mass is 10.0. The van der Waals surface area contributed by atoms with E-state index in [2.05, 4.69) is 31.3 Å². The first kappa shape index (κ1) is 87.6. The molecule has 89 heavy (non-hydrogen) atoms. The van der Waals surface area contributed by atoms with Crippen molar-refractivity contribution in [3.63, 3.8) is 0 Å². The van der Waals surface area contributed by atoms with Gasteiger partial charge in [-0.2, -0.15) is 0 Å². The summed E-state index contributed by atoms with van der Waals surface area (Å²) < 4.78 is 5.51. The van der Waals surface area contributed by atoms with Gasteiger partial charge < -0.3 is 20.3 Å². The number of aliphatic hydroxyl groups excluding tert-OH is 2. The zero-order valence-corrected chi connectivity index (χ0v) is 61.0. The lowest BCUT2D eigenvalue weighted by Crippen LogP contribution is -2.45. The van der Waals surface area contributed by atoms with E-state index in [9.17, 15) is 19.8 Å². The molecule has 0 bridgehead atoms. The zero-order valence-electron chi connectivity index (χ0n) is 61.0. The smallest absolute Gasteiger partial charge is 0.305 e. The molecule has 0 aliphatic carbocycles. The van der Waals surface area contributed by atoms with Crippen molar-refractivity contribution in [3.8, 4) is 0 Å². The molecule has 2 atom stereocenters. The second-order valence-corrected chi connectivity index (χ2v) is 28.8. The summed E-state index contributed by atoms with van der Waals surface area (Å²) in [7, 11) is 0. The van der Waals surface area contributed by atoms with Crippen molar-refractivity contribution >= 4 is 11.9 Å². The van der Waals surface area contributed by atoms with E-state index in [-0.39, 0.29) is 18.5 Å². The van der Waals surface area contributed by atoms with E-state index < -0.39 is 12.1 Å². The quantitative estimate of drug-likeness (QED) is 0.0320. The normalized spacial score (nSPS) is 12.4. The van der Waals surface area contributed by atoms with Crippen LogP contribution in [0.25, 0.3) is 0 Å². The number of carbonyl (C=O) groups is 2. The highest BCUT2D eigenvalue weighted by atomic mass is 16.5. The van der Waals surface area contributed by atoms with Gasteiger partial charge in [0.1, 0.15) is 0 Å². The van der Waals surface area contributed by atoms with Crippen LogP contribution in [0.5, 0.6) is 0 Å². The van der Waals surface area contributed by atoms with Gasteiger partial charge >= 0.3 is 5.97 Å². The molecular weight excluding hydrogens is 1090 g/mol. The minimum absolute atomic E-state index is 0.0231. The Morgan fingerprint density at radius 1 is 0.303 bits per heavy atom. The van der Waals surface area contributed by atoms with Crippen molar-refractivity contribution in [2.24, 2.45) is 0 Å². The lowest BCUT2D eigenvalue weighted by Gasteiger charge is -2.22. The number of carbonyl (C=O) groups excluding carboxylic acids is 2. The van der Waals surface area contributed by atoms with E-state index in [1.54, 1.807) is 0 Å². The summed E-state index contributed by atoms with van der Waals surface area (Å²) in [5.74, 6) is -0.00279. The SMILES string of the molecule is CCCCCCCCCCCCCCCCCCCCCCCCCCC(O)C(CO)NC(=O)CCCCCCCCCCCCCCCCCC/C=C\CCCCCCCCCCCCCCOC(=O)CCCCCCCCCCCCCCCCCC. The maximum atomic E-state index is 12.6. The predicted molar refractivity (Wildman–Crippen MR) is 394 cm³/mol. The Hall–Kier alpha value is -1.40. The molecular formula is C83H163NO5. The number of amides is 1. The van der Waals surface area contributed by atoms with Gasteiger partial charge in [-0.3, -0.25) is 9.59 Å². The number of aliphatic hydroxyl groups is 2. The third-order valence-electron chi connectivity index (χ3n) is 19.8. The monoisotopic (exact) mass is 1250 g/mol. The van der Waals surface area contributed by atoms with E-state index >= 15 is 0 Å². The van der Waals surface area contributed by atoms with Crippen LogP contribution in [0.15, 0.2) is 12.2 Å². The topological polar surface area (TPSA) is 95.9 Å². The van der Waals surface area contributed by atoms with Crippen molar-refractivity contribution in [3.05, 3.63) is 12.2 Å². The fourth-order valence-electron chi connectivity index (χ4n) is 13.5. The Balaban J connectivity index is 3.34. The first-order valence-corrected chi connectivity index (χ1v) is 41.4. The number of ether oxygens (including phenoxy) is 1. The molecule has 3 N–H and O–H groups in total. The highest BCUT2D eigenvalue weighted by Crippen LogP contribution is 2.21. The number of rotatable bonds is 79. The maximum absolute atomic E-state index is 12.6. The van der Waals surface area contributed by atoms with Gasteiger partial charge in [0.2, 0.25) is 5.91 Å². The van der Waals surface area contributed by atoms with Gasteiger partial charge in [-0.1, -0.05) is 431 Å². The standard InChI is InChI=1S/C83H163NO5/c1-3-5-7-9-11-13-15-17-19-21-22-23-24-35-38-41-44-47-51-55-59-63-67-71-75-81(86)80(79-85)84-82(87)76-72-68-64-60-56-52-48-45-42-39-36-33-31-29-27-25-26-28-30-32-34-37-40-43-46-50-54-58-62-66-70-74-78-89-83(88)77-73-69-65-61-57-53-49-20-18-16-14-12-10-8-6-4-2/h28,30,80-81,85-86H,3-27,29,31-79H2,1-2H3,(H,84,87)/b30-28-. The molecule has 6 nitrogen and oxygen atoms in total. The van der Waals surface area contributed by atoms with Gasteiger partial charge in [-0.15, -0.1) is 0 Å². The first-order valence-electron chi connectivity index (χ1n) is 41.4. The molecule has 0 rings (SSSR count). The summed E-state index contributed by atoms with van der Waals surface area (Å²) in [6.07, 6.45) is 100. The molecule has 0 radical (unpaired) electrons. The summed E-state index contributed by atoms with van der Waals surface area (Å²) in [5.41, 5.74) is 0. The highest BCUT2D eigenvalue weighted by molar-refractivity contribution is 5.76. The molecule has 6 heteroatoms. The van der Waals surface area contributed by atoms with Crippen molar-refractivity contribution in [1.82, 2.24) is 5.32 Å². The van der Waals surface area contributed by atoms with E-state index in [1.165, 1.54) is 411 Å². The van der Waals surface area contributed by atoms with Crippen molar-refractivity contribution < 1.29 is 24.5 Å².